The monoisotopic (exact) mass is 1450 g/mol. The van der Waals surface area contributed by atoms with Crippen molar-refractivity contribution in [3.8, 4) is 0 Å². The van der Waals surface area contributed by atoms with E-state index in [0.29, 0.717) is 5.41 Å². The van der Waals surface area contributed by atoms with Crippen molar-refractivity contribution in [2.75, 3.05) is 255 Å². The minimum absolute atomic E-state index is 0.0220. The van der Waals surface area contributed by atoms with Crippen LogP contribution in [0.1, 0.15) is 210 Å². The number of piperidine rings is 4. The molecule has 4 N–H and O–H groups in total. The zero-order chi connectivity index (χ0) is 77.1. The van der Waals surface area contributed by atoms with Gasteiger partial charge in [-0.25, -0.2) is 0 Å². The molecule has 3 aliphatic carbocycles. The second-order valence-electron chi connectivity index (χ2n) is 33.7. The van der Waals surface area contributed by atoms with Crippen LogP contribution in [-0.2, 0) is 19.0 Å². The van der Waals surface area contributed by atoms with Crippen molar-refractivity contribution in [3.63, 3.8) is 0 Å². The SMILES string of the molecule is C=C(C)N1CCN(C)CC1.C=C(OC)N1CCN(C)CC1.CC(C)(C)C.CC1CC1.CC1CCCCC1.CC1CCCCC1.CC1CCN(C)C1.CCOC.CN1CCC(C(=O)O)CC1.CN1CCC(O)CC1.CN1CCCC(O)C1.CN1CCCCC1.CN1CCNCC1.CN1CCOCC1. The molecular formula is C83H176N12O7. The molecule has 0 aromatic heterocycles. The number of methoxy groups -OCH3 is 2. The fraction of sp³-hybridized carbons (Fsp3) is 0.940. The van der Waals surface area contributed by atoms with Gasteiger partial charge in [0, 0.05) is 137 Å². The summed E-state index contributed by atoms with van der Waals surface area (Å²) in [6, 6.07) is 0. The second-order valence-corrected chi connectivity index (χ2v) is 33.7. The van der Waals surface area contributed by atoms with Crippen LogP contribution in [0.25, 0.3) is 0 Å². The van der Waals surface area contributed by atoms with E-state index in [4.69, 9.17) is 24.8 Å². The maximum Gasteiger partial charge on any atom is 0.306 e. The van der Waals surface area contributed by atoms with Crippen LogP contribution in [0.4, 0.5) is 0 Å². The van der Waals surface area contributed by atoms with Gasteiger partial charge in [-0.3, -0.25) is 4.79 Å². The number of nitrogens with one attached hydrogen (secondary N) is 1. The number of carboxylic acids is 1. The molecule has 0 radical (unpaired) electrons. The largest absolute Gasteiger partial charge is 0.483 e. The summed E-state index contributed by atoms with van der Waals surface area (Å²) in [5, 5.41) is 29.9. The number of carbonyl (C=O) groups is 1. The molecule has 0 spiro atoms. The third kappa shape index (κ3) is 69.5. The zero-order valence-corrected chi connectivity index (χ0v) is 71.5. The summed E-state index contributed by atoms with van der Waals surface area (Å²) in [5.74, 6) is 4.18. The Hall–Kier alpha value is -2.21. The first-order chi connectivity index (χ1) is 48.3. The fourth-order valence-electron chi connectivity index (χ4n) is 12.2. The van der Waals surface area contributed by atoms with Gasteiger partial charge in [-0.15, -0.1) is 0 Å². The predicted octanol–water partition coefficient (Wildman–Crippen LogP) is 12.5. The van der Waals surface area contributed by atoms with E-state index in [0.717, 1.165) is 193 Å². The molecule has 0 amide bonds. The van der Waals surface area contributed by atoms with Crippen LogP contribution in [-0.4, -0.2) is 342 Å². The highest BCUT2D eigenvalue weighted by Gasteiger charge is 2.23. The van der Waals surface area contributed by atoms with E-state index in [-0.39, 0.29) is 18.1 Å². The van der Waals surface area contributed by atoms with Gasteiger partial charge in [0.1, 0.15) is 0 Å². The lowest BCUT2D eigenvalue weighted by Gasteiger charge is -2.33. The standard InChI is InChI=1S/C8H16N2O.C8H16N2.C7H13NO2.2C7H14.2C6H13NO.2C6H13N.C5H12N2.C5H11NO.C5H12.C4H8.C3H8O/c1-8(11-3)10-6-4-9(2)5-7-10;1-8(2)10-6-4-9(3)5-7-10;1-8-4-2-6(3-5-8)7(9)10;2*1-7-5-3-2-4-6-7;1-7-4-2-6(8)3-5-7;1-7-4-2-3-6(8)5-7;1-6-3-4-7(2)5-6;1-7-5-3-2-4-6-7;1-7-4-2-6-3-5-7;1-6-2-4-7-5-3-6;1-5(2,3)4;1-4-2-3-4;1-3-4-2/h1,4-7H2,2-3H3;1,4-7H2,2-3H3;6H,2-5H2,1H3,(H,9,10);2*7H,2-6H2,1H3;2*6,8H,2-5H2,1H3;6H,3-5H2,1-2H3;2-6H2,1H3;6H,2-5H2,1H3;2-5H2,1H3;1-4H3;4H,2-3H2,1H3;3H2,1-2H3. The quantitative estimate of drug-likeness (QED) is 0.193. The number of morpholine rings is 1. The Morgan fingerprint density at radius 1 is 0.422 bits per heavy atom. The van der Waals surface area contributed by atoms with E-state index in [1.807, 2.05) is 21.0 Å². The Morgan fingerprint density at radius 3 is 1.02 bits per heavy atom. The summed E-state index contributed by atoms with van der Waals surface area (Å²) in [6.45, 7) is 59.5. The molecular weight excluding hydrogens is 1280 g/mol. The number of ether oxygens (including phenoxy) is 3. The number of likely N-dealkylation sites (N-methyl/N-ethyl adjacent to an activating group) is 5. The Balaban J connectivity index is 0. The van der Waals surface area contributed by atoms with Gasteiger partial charge in [-0.05, 0) is 210 Å². The highest BCUT2D eigenvalue weighted by Crippen LogP contribution is 2.27. The van der Waals surface area contributed by atoms with Crippen LogP contribution in [0.3, 0.4) is 0 Å². The summed E-state index contributed by atoms with van der Waals surface area (Å²) in [7, 11) is 22.4. The number of β-amino-alcohol motifs (C(OH)–C–C–N with tert-alkyl or cyclic N) is 1. The molecule has 12 aliphatic rings. The lowest BCUT2D eigenvalue weighted by Crippen LogP contribution is -2.43. The van der Waals surface area contributed by atoms with Crippen molar-refractivity contribution in [2.24, 2.45) is 35.0 Å². The summed E-state index contributed by atoms with van der Waals surface area (Å²) in [6.07, 6.45) is 29.1. The van der Waals surface area contributed by atoms with E-state index >= 15 is 0 Å². The second kappa shape index (κ2) is 65.8. The van der Waals surface area contributed by atoms with Gasteiger partial charge in [-0.1, -0.05) is 145 Å². The molecule has 2 unspecified atom stereocenters. The summed E-state index contributed by atoms with van der Waals surface area (Å²) >= 11 is 0. The maximum absolute atomic E-state index is 10.4. The molecule has 0 aromatic rings. The molecule has 12 rings (SSSR count). The molecule has 102 heavy (non-hydrogen) atoms. The van der Waals surface area contributed by atoms with E-state index < -0.39 is 5.97 Å². The number of hydrogen-bond donors (Lipinski definition) is 4. The molecule has 9 heterocycles. The minimum atomic E-state index is -0.631. The van der Waals surface area contributed by atoms with Crippen LogP contribution >= 0.6 is 0 Å². The number of aliphatic carboxylic acids is 1. The average molecular weight is 1450 g/mol. The number of likely N-dealkylation sites (tertiary alicyclic amines) is 5. The Bertz CT molecular complexity index is 1680. The third-order valence-corrected chi connectivity index (χ3v) is 20.2. The van der Waals surface area contributed by atoms with Gasteiger partial charge in [-0.2, -0.15) is 0 Å². The number of carboxylic acid groups (broad SMARTS) is 1. The molecule has 3 saturated carbocycles. The smallest absolute Gasteiger partial charge is 0.306 e. The van der Waals surface area contributed by atoms with Gasteiger partial charge in [0.05, 0.1) is 38.4 Å². The molecule has 0 bridgehead atoms. The Morgan fingerprint density at radius 2 is 0.775 bits per heavy atom. The van der Waals surface area contributed by atoms with Crippen molar-refractivity contribution in [3.05, 3.63) is 24.7 Å². The van der Waals surface area contributed by atoms with Crippen LogP contribution in [0, 0.1) is 35.0 Å². The van der Waals surface area contributed by atoms with Crippen molar-refractivity contribution in [1.29, 1.82) is 0 Å². The van der Waals surface area contributed by atoms with Crippen LogP contribution in [0.15, 0.2) is 24.7 Å². The number of allylic oxidation sites excluding steroid dienone is 1. The average Bonchev–Trinajstić information content (AvgIpc) is 1.39. The lowest BCUT2D eigenvalue weighted by atomic mass is 9.91. The number of piperazine rings is 3. The topological polar surface area (TPSA) is 153 Å². The number of aliphatic hydroxyl groups excluding tert-OH is 2. The van der Waals surface area contributed by atoms with Crippen LogP contribution < -0.4 is 5.32 Å². The Labute approximate surface area is 633 Å². The molecule has 12 fully saturated rings. The molecule has 0 aromatic carbocycles. The van der Waals surface area contributed by atoms with Crippen molar-refractivity contribution in [1.82, 2.24) is 59.2 Å². The van der Waals surface area contributed by atoms with Crippen molar-refractivity contribution < 1.29 is 34.3 Å². The number of rotatable bonds is 5. The van der Waals surface area contributed by atoms with E-state index in [1.165, 1.54) is 161 Å². The fourth-order valence-corrected chi connectivity index (χ4v) is 12.2. The number of hydrogen-bond acceptors (Lipinski definition) is 18. The normalized spacial score (nSPS) is 24.1. The minimum Gasteiger partial charge on any atom is -0.483 e. The lowest BCUT2D eigenvalue weighted by molar-refractivity contribution is -0.143. The van der Waals surface area contributed by atoms with E-state index in [2.05, 4.69) is 189 Å². The van der Waals surface area contributed by atoms with Gasteiger partial charge in [0.15, 0.2) is 5.88 Å². The summed E-state index contributed by atoms with van der Waals surface area (Å²) in [5.41, 5.74) is 1.70. The molecule has 19 nitrogen and oxygen atoms in total. The first-order valence-electron chi connectivity index (χ1n) is 41.2. The molecule has 9 aliphatic heterocycles. The van der Waals surface area contributed by atoms with Crippen LogP contribution in [0.5, 0.6) is 0 Å². The van der Waals surface area contributed by atoms with Crippen LogP contribution in [0.2, 0.25) is 0 Å². The van der Waals surface area contributed by atoms with Crippen molar-refractivity contribution in [2.45, 2.75) is 223 Å². The first kappa shape index (κ1) is 102. The van der Waals surface area contributed by atoms with Gasteiger partial charge in [0.2, 0.25) is 0 Å². The number of nitrogens with zero attached hydrogens (tertiary/aromatic N) is 11. The Kier molecular flexibility index (Phi) is 65.7. The summed E-state index contributed by atoms with van der Waals surface area (Å²) in [4.78, 5) is 35.5. The third-order valence-electron chi connectivity index (χ3n) is 20.2. The van der Waals surface area contributed by atoms with E-state index in [9.17, 15) is 4.79 Å². The summed E-state index contributed by atoms with van der Waals surface area (Å²) < 4.78 is 14.7. The van der Waals surface area contributed by atoms with Crippen molar-refractivity contribution >= 4 is 5.97 Å². The van der Waals surface area contributed by atoms with E-state index in [1.54, 1.807) is 14.2 Å². The highest BCUT2D eigenvalue weighted by molar-refractivity contribution is 5.70. The molecule has 2 atom stereocenters. The molecule has 19 heteroatoms. The highest BCUT2D eigenvalue weighted by atomic mass is 16.5. The van der Waals surface area contributed by atoms with Gasteiger partial charge < -0.3 is 88.7 Å². The number of aliphatic hydroxyl groups is 2. The zero-order valence-electron chi connectivity index (χ0n) is 71.5. The van der Waals surface area contributed by atoms with Gasteiger partial charge >= 0.3 is 5.97 Å². The van der Waals surface area contributed by atoms with Gasteiger partial charge in [0.25, 0.3) is 0 Å². The molecule has 610 valence electrons. The first-order valence-corrected chi connectivity index (χ1v) is 41.2. The maximum atomic E-state index is 10.4. The predicted molar refractivity (Wildman–Crippen MR) is 439 cm³/mol. The molecule has 9 saturated heterocycles.